The van der Waals surface area contributed by atoms with E-state index >= 15 is 0 Å². The fourth-order valence-corrected chi connectivity index (χ4v) is 9.63. The molecule has 18 nitrogen and oxygen atoms in total. The Kier molecular flexibility index (Phi) is 8.74. The number of imidazole rings is 1. The van der Waals surface area contributed by atoms with Gasteiger partial charge in [-0.2, -0.15) is 0 Å². The number of nitrogens with zero attached hydrogens (tertiary/aromatic N) is 7. The van der Waals surface area contributed by atoms with Crippen molar-refractivity contribution in [3.8, 4) is 0 Å². The van der Waals surface area contributed by atoms with Gasteiger partial charge in [0.05, 0.1) is 37.5 Å². The summed E-state index contributed by atoms with van der Waals surface area (Å²) in [7, 11) is 0. The van der Waals surface area contributed by atoms with Crippen LogP contribution in [0.15, 0.2) is 25.2 Å². The number of hydrogen-bond donors (Lipinski definition) is 5. The first kappa shape index (κ1) is 33.2. The van der Waals surface area contributed by atoms with Gasteiger partial charge in [-0.3, -0.25) is 18.1 Å². The largest absolute Gasteiger partial charge is 0.390 e. The zero-order valence-electron chi connectivity index (χ0n) is 24.9. The molecular weight excluding hydrogens is 712 g/mol. The topological polar surface area (TPSA) is 228 Å². The van der Waals surface area contributed by atoms with Crippen LogP contribution < -0.4 is 0 Å². The van der Waals surface area contributed by atoms with Crippen molar-refractivity contribution in [2.75, 3.05) is 13.2 Å². The minimum absolute atomic E-state index is 0.236. The van der Waals surface area contributed by atoms with Gasteiger partial charge in [-0.25, -0.2) is 29.5 Å². The van der Waals surface area contributed by atoms with E-state index < -0.39 is 82.4 Å². The number of aromatic nitrogens is 7. The molecule has 0 aromatic carbocycles. The molecule has 3 saturated heterocycles. The summed E-state index contributed by atoms with van der Waals surface area (Å²) >= 11 is 9.50. The van der Waals surface area contributed by atoms with E-state index in [-0.39, 0.29) is 16.9 Å². The number of fused-ring (bicyclic) bond motifs is 4. The highest BCUT2D eigenvalue weighted by molar-refractivity contribution is 8.44. The van der Waals surface area contributed by atoms with Crippen LogP contribution in [0.4, 0.5) is 0 Å². The smallest absolute Gasteiger partial charge is 0.386 e. The van der Waals surface area contributed by atoms with Gasteiger partial charge in [-0.15, -0.1) is 0 Å². The summed E-state index contributed by atoms with van der Waals surface area (Å²) in [5.74, 6) is 0. The first-order valence-corrected chi connectivity index (χ1v) is 20.4. The Hall–Kier alpha value is -2.00. The Morgan fingerprint density at radius 2 is 1.65 bits per heavy atom. The molecule has 0 spiro atoms. The second-order valence-electron chi connectivity index (χ2n) is 11.9. The zero-order chi connectivity index (χ0) is 33.4. The molecule has 4 aliphatic rings. The van der Waals surface area contributed by atoms with Gasteiger partial charge in [0.1, 0.15) is 60.4 Å². The van der Waals surface area contributed by atoms with Crippen molar-refractivity contribution < 1.29 is 52.3 Å². The second kappa shape index (κ2) is 12.6. The van der Waals surface area contributed by atoms with Crippen molar-refractivity contribution in [1.82, 2.24) is 34.1 Å². The molecule has 2 bridgehead atoms. The van der Waals surface area contributed by atoms with Gasteiger partial charge in [-0.05, 0) is 43.1 Å². The standard InChI is InChI=1S/C26H31N7O11P2S2/c34-6-14-18-24(30-10-28-14)33(11-31-18)26-22-19(35)15(41-26)7-39-45(37,47)43-21-16(8-40-46(38,48)44-22)42-25(20(21)36)32-5-12-3-1-2-4-13-17(12)23(32)29-9-27-13/h5,9-11,15-16,19-22,25-26,34-36H,1-4,6-8H2,(H,37,47)(H,38,48)/t15-,16-,19-,20-,21-,22-,25-,26-,45?,46?/m1/s1. The predicted octanol–water partition coefficient (Wildman–Crippen LogP) is 1.23. The van der Waals surface area contributed by atoms with Gasteiger partial charge in [0, 0.05) is 11.6 Å². The number of aliphatic hydroxyl groups excluding tert-OH is 3. The number of thiol groups is 1. The molecule has 4 N–H and O–H groups in total. The summed E-state index contributed by atoms with van der Waals surface area (Å²) in [6, 6.07) is 0. The molecule has 0 radical (unpaired) electrons. The summed E-state index contributed by atoms with van der Waals surface area (Å²) in [4.78, 5) is 32.6. The number of rotatable bonds is 3. The van der Waals surface area contributed by atoms with E-state index in [0.717, 1.165) is 42.3 Å². The van der Waals surface area contributed by atoms with Gasteiger partial charge < -0.3 is 38.8 Å². The highest BCUT2D eigenvalue weighted by Gasteiger charge is 2.53. The minimum Gasteiger partial charge on any atom is -0.390 e. The fourth-order valence-electron chi connectivity index (χ4n) is 6.72. The van der Waals surface area contributed by atoms with Gasteiger partial charge in [0.25, 0.3) is 0 Å². The lowest BCUT2D eigenvalue weighted by atomic mass is 10.1. The van der Waals surface area contributed by atoms with Crippen molar-refractivity contribution in [2.45, 2.75) is 81.4 Å². The maximum absolute atomic E-state index is 13.7. The molecule has 22 heteroatoms. The van der Waals surface area contributed by atoms with Crippen molar-refractivity contribution in [1.29, 1.82) is 0 Å². The van der Waals surface area contributed by atoms with Crippen molar-refractivity contribution in [2.24, 2.45) is 0 Å². The Morgan fingerprint density at radius 1 is 0.896 bits per heavy atom. The normalized spacial score (nSPS) is 37.5. The highest BCUT2D eigenvalue weighted by atomic mass is 32.7. The second-order valence-corrected chi connectivity index (χ2v) is 17.5. The van der Waals surface area contributed by atoms with E-state index in [1.54, 1.807) is 4.57 Å². The lowest BCUT2D eigenvalue weighted by Crippen LogP contribution is -2.36. The number of ether oxygens (including phenoxy) is 2. The highest BCUT2D eigenvalue weighted by Crippen LogP contribution is 2.58. The van der Waals surface area contributed by atoms with E-state index in [2.05, 4.69) is 37.2 Å². The molecular formula is C26H31N7O11P2S2. The van der Waals surface area contributed by atoms with Gasteiger partial charge in [0.15, 0.2) is 18.1 Å². The molecule has 0 amide bonds. The van der Waals surface area contributed by atoms with Gasteiger partial charge in [0.2, 0.25) is 0 Å². The molecule has 4 aromatic heterocycles. The molecule has 48 heavy (non-hydrogen) atoms. The Bertz CT molecular complexity index is 1970. The van der Waals surface area contributed by atoms with E-state index in [0.29, 0.717) is 5.65 Å². The quantitative estimate of drug-likeness (QED) is 0.147. The SMILES string of the molecule is O=P1(S)OC[C@H]2O[C@@H](n3cc4c5c(ncnc53)CCCC4)[C@H](O)[C@@H]2OP(O)(=S)OC[C@H]2O[C@@H](n3cnc4c(CO)ncnc43)[C@H](O1)[C@@H]2O. The van der Waals surface area contributed by atoms with Crippen LogP contribution in [0.3, 0.4) is 0 Å². The molecule has 0 saturated carbocycles. The van der Waals surface area contributed by atoms with Gasteiger partial charge >= 0.3 is 13.5 Å². The fraction of sp³-hybridized carbons (Fsp3) is 0.577. The molecule has 258 valence electrons. The summed E-state index contributed by atoms with van der Waals surface area (Å²) in [6.45, 7) is -9.81. The van der Waals surface area contributed by atoms with Crippen molar-refractivity contribution in [3.05, 3.63) is 42.1 Å². The van der Waals surface area contributed by atoms with E-state index in [9.17, 15) is 24.8 Å². The van der Waals surface area contributed by atoms with Crippen molar-refractivity contribution >= 4 is 59.8 Å². The van der Waals surface area contributed by atoms with Gasteiger partial charge in [-0.1, -0.05) is 12.2 Å². The lowest BCUT2D eigenvalue weighted by molar-refractivity contribution is -0.0587. The predicted molar refractivity (Wildman–Crippen MR) is 170 cm³/mol. The number of hydrogen-bond acceptors (Lipinski definition) is 16. The monoisotopic (exact) mass is 743 g/mol. The van der Waals surface area contributed by atoms with Crippen LogP contribution in [-0.4, -0.2) is 104 Å². The van der Waals surface area contributed by atoms with E-state index in [1.165, 1.54) is 23.5 Å². The Labute approximate surface area is 282 Å². The summed E-state index contributed by atoms with van der Waals surface area (Å²) in [6.07, 6.45) is -0.702. The molecule has 2 unspecified atom stereocenters. The Morgan fingerprint density at radius 3 is 2.48 bits per heavy atom. The minimum atomic E-state index is -4.30. The summed E-state index contributed by atoms with van der Waals surface area (Å²) in [5.41, 5.74) is 3.26. The van der Waals surface area contributed by atoms with Crippen LogP contribution in [0.5, 0.6) is 0 Å². The lowest BCUT2D eigenvalue weighted by Gasteiger charge is -2.27. The Balaban J connectivity index is 1.11. The first-order chi connectivity index (χ1) is 23.0. The average Bonchev–Trinajstić information content (AvgIpc) is 3.76. The third kappa shape index (κ3) is 5.84. The first-order valence-electron chi connectivity index (χ1n) is 15.1. The van der Waals surface area contributed by atoms with Crippen LogP contribution in [0.25, 0.3) is 22.2 Å². The van der Waals surface area contributed by atoms with Crippen LogP contribution in [-0.2, 0) is 63.4 Å². The third-order valence-electron chi connectivity index (χ3n) is 8.94. The van der Waals surface area contributed by atoms with Crippen molar-refractivity contribution in [3.63, 3.8) is 0 Å². The molecule has 10 atom stereocenters. The average molecular weight is 744 g/mol. The number of aryl methyl sites for hydroxylation is 2. The van der Waals surface area contributed by atoms with E-state index in [4.69, 9.17) is 39.4 Å². The van der Waals surface area contributed by atoms with Crippen LogP contribution in [0.2, 0.25) is 0 Å². The molecule has 4 aromatic rings. The van der Waals surface area contributed by atoms with Crippen LogP contribution >= 0.6 is 25.8 Å². The van der Waals surface area contributed by atoms with Crippen LogP contribution in [0, 0.1) is 0 Å². The molecule has 7 heterocycles. The molecule has 3 fully saturated rings. The number of aliphatic hydroxyl groups is 3. The summed E-state index contributed by atoms with van der Waals surface area (Å²) in [5, 5.41) is 33.4. The molecule has 8 rings (SSSR count). The maximum Gasteiger partial charge on any atom is 0.386 e. The van der Waals surface area contributed by atoms with E-state index in [1.807, 2.05) is 6.20 Å². The van der Waals surface area contributed by atoms with Crippen LogP contribution in [0.1, 0.15) is 42.2 Å². The summed E-state index contributed by atoms with van der Waals surface area (Å²) < 4.78 is 52.1. The molecule has 1 aliphatic carbocycles. The zero-order valence-corrected chi connectivity index (χ0v) is 28.4. The maximum atomic E-state index is 13.7. The third-order valence-corrected chi connectivity index (χ3v) is 12.1. The molecule has 3 aliphatic heterocycles.